The molecular weight excluding hydrogens is 383 g/mol. The molecule has 30 heavy (non-hydrogen) atoms. The molecule has 1 aromatic carbocycles. The molecule has 1 amide bonds. The molecule has 1 atom stereocenters. The number of hydrogen-bond acceptors (Lipinski definition) is 5. The van der Waals surface area contributed by atoms with E-state index in [2.05, 4.69) is 25.7 Å². The van der Waals surface area contributed by atoms with Crippen molar-refractivity contribution in [2.24, 2.45) is 0 Å². The fraction of sp³-hybridized carbons (Fsp3) is 0.182. The smallest absolute Gasteiger partial charge is 0.254 e. The van der Waals surface area contributed by atoms with Gasteiger partial charge in [-0.25, -0.2) is 14.1 Å². The number of nitrogens with zero attached hydrogens (tertiary/aromatic N) is 4. The van der Waals surface area contributed by atoms with Gasteiger partial charge in [-0.1, -0.05) is 6.92 Å². The van der Waals surface area contributed by atoms with E-state index in [0.29, 0.717) is 22.2 Å². The second-order valence-corrected chi connectivity index (χ2v) is 6.81. The molecule has 7 nitrogen and oxygen atoms in total. The minimum atomic E-state index is -0.323. The third-order valence-corrected chi connectivity index (χ3v) is 4.97. The molecule has 2 N–H and O–H groups in total. The van der Waals surface area contributed by atoms with Crippen molar-refractivity contribution in [1.29, 1.82) is 0 Å². The van der Waals surface area contributed by atoms with E-state index in [1.54, 1.807) is 42.5 Å². The Labute approximate surface area is 173 Å². The zero-order valence-corrected chi connectivity index (χ0v) is 16.6. The molecule has 0 aliphatic heterocycles. The Morgan fingerprint density at radius 3 is 2.70 bits per heavy atom. The summed E-state index contributed by atoms with van der Waals surface area (Å²) in [7, 11) is 1.80. The Balaban J connectivity index is 1.65. The molecule has 0 aliphatic carbocycles. The molecule has 0 aliphatic rings. The van der Waals surface area contributed by atoms with Gasteiger partial charge in [-0.3, -0.25) is 9.78 Å². The summed E-state index contributed by atoms with van der Waals surface area (Å²) in [6, 6.07) is 9.63. The number of benzene rings is 1. The van der Waals surface area contributed by atoms with Crippen molar-refractivity contribution in [3.8, 4) is 5.69 Å². The molecule has 152 valence electrons. The Morgan fingerprint density at radius 1 is 1.17 bits per heavy atom. The Hall–Kier alpha value is -3.81. The maximum absolute atomic E-state index is 13.3. The molecule has 4 aromatic rings. The van der Waals surface area contributed by atoms with Gasteiger partial charge in [0.2, 0.25) is 0 Å². The SMILES string of the molecule is CC[C@H](NC(=O)c1cncc2c1cnn2-c1ccc(F)cc1)c1ccnc(NC)c1. The minimum absolute atomic E-state index is 0.171. The van der Waals surface area contributed by atoms with Gasteiger partial charge in [0.25, 0.3) is 5.91 Å². The zero-order valence-electron chi connectivity index (χ0n) is 16.6. The lowest BCUT2D eigenvalue weighted by Crippen LogP contribution is -2.28. The van der Waals surface area contributed by atoms with Crippen LogP contribution >= 0.6 is 0 Å². The number of hydrogen-bond donors (Lipinski definition) is 2. The van der Waals surface area contributed by atoms with Gasteiger partial charge in [0.05, 0.1) is 35.2 Å². The zero-order chi connectivity index (χ0) is 21.1. The molecule has 0 radical (unpaired) electrons. The maximum atomic E-state index is 13.3. The van der Waals surface area contributed by atoms with Crippen molar-refractivity contribution in [2.75, 3.05) is 12.4 Å². The normalized spacial score (nSPS) is 12.0. The monoisotopic (exact) mass is 404 g/mol. The Kier molecular flexibility index (Phi) is 5.38. The van der Waals surface area contributed by atoms with Crippen LogP contribution in [0.4, 0.5) is 10.2 Å². The van der Waals surface area contributed by atoms with Crippen molar-refractivity contribution in [1.82, 2.24) is 25.1 Å². The molecule has 0 unspecified atom stereocenters. The van der Waals surface area contributed by atoms with Gasteiger partial charge >= 0.3 is 0 Å². The summed E-state index contributed by atoms with van der Waals surface area (Å²) in [5, 5.41) is 11.1. The van der Waals surface area contributed by atoms with E-state index in [0.717, 1.165) is 17.8 Å². The fourth-order valence-corrected chi connectivity index (χ4v) is 3.37. The van der Waals surface area contributed by atoms with Crippen molar-refractivity contribution < 1.29 is 9.18 Å². The van der Waals surface area contributed by atoms with Crippen LogP contribution in [0.3, 0.4) is 0 Å². The molecule has 8 heteroatoms. The van der Waals surface area contributed by atoms with E-state index >= 15 is 0 Å². The summed E-state index contributed by atoms with van der Waals surface area (Å²) >= 11 is 0. The van der Waals surface area contributed by atoms with Crippen LogP contribution in [0.2, 0.25) is 0 Å². The van der Waals surface area contributed by atoms with E-state index in [1.807, 2.05) is 19.1 Å². The average molecular weight is 404 g/mol. The number of carbonyl (C=O) groups excluding carboxylic acids is 1. The average Bonchev–Trinajstić information content (AvgIpc) is 3.22. The topological polar surface area (TPSA) is 84.7 Å². The van der Waals surface area contributed by atoms with Gasteiger partial charge in [0, 0.05) is 24.8 Å². The van der Waals surface area contributed by atoms with E-state index in [-0.39, 0.29) is 17.8 Å². The third-order valence-electron chi connectivity index (χ3n) is 4.97. The number of pyridine rings is 2. The molecule has 3 heterocycles. The molecule has 0 saturated carbocycles. The lowest BCUT2D eigenvalue weighted by atomic mass is 10.0. The van der Waals surface area contributed by atoms with Crippen LogP contribution in [-0.2, 0) is 0 Å². The third kappa shape index (κ3) is 3.71. The van der Waals surface area contributed by atoms with Crippen LogP contribution in [0, 0.1) is 5.82 Å². The minimum Gasteiger partial charge on any atom is -0.373 e. The van der Waals surface area contributed by atoms with Crippen LogP contribution < -0.4 is 10.6 Å². The summed E-state index contributed by atoms with van der Waals surface area (Å²) in [5.41, 5.74) is 2.76. The first kappa shape index (κ1) is 19.5. The summed E-state index contributed by atoms with van der Waals surface area (Å²) in [6.07, 6.45) is 7.23. The van der Waals surface area contributed by atoms with Gasteiger partial charge in [-0.05, 0) is 48.4 Å². The standard InChI is InChI=1S/C22H21FN6O/c1-3-19(14-8-9-26-21(10-14)24-2)28-22(30)18-11-25-13-20-17(18)12-27-29(20)16-6-4-15(23)5-7-16/h4-13,19H,3H2,1-2H3,(H,24,26)(H,28,30)/t19-/m0/s1. The number of aromatic nitrogens is 4. The molecule has 3 aromatic heterocycles. The first-order chi connectivity index (χ1) is 14.6. The predicted molar refractivity (Wildman–Crippen MR) is 113 cm³/mol. The highest BCUT2D eigenvalue weighted by Gasteiger charge is 2.19. The molecule has 4 rings (SSSR count). The lowest BCUT2D eigenvalue weighted by molar-refractivity contribution is 0.0937. The Morgan fingerprint density at radius 2 is 1.97 bits per heavy atom. The number of halogens is 1. The molecule has 0 saturated heterocycles. The first-order valence-electron chi connectivity index (χ1n) is 9.63. The van der Waals surface area contributed by atoms with Gasteiger partial charge in [0.1, 0.15) is 11.6 Å². The predicted octanol–water partition coefficient (Wildman–Crippen LogP) is 3.88. The lowest BCUT2D eigenvalue weighted by Gasteiger charge is -2.18. The van der Waals surface area contributed by atoms with Gasteiger partial charge in [0.15, 0.2) is 0 Å². The number of carbonyl (C=O) groups is 1. The number of nitrogens with one attached hydrogen (secondary N) is 2. The van der Waals surface area contributed by atoms with E-state index < -0.39 is 0 Å². The van der Waals surface area contributed by atoms with Crippen LogP contribution in [0.1, 0.15) is 35.3 Å². The number of anilines is 1. The van der Waals surface area contributed by atoms with Gasteiger partial charge < -0.3 is 10.6 Å². The van der Waals surface area contributed by atoms with Crippen LogP contribution in [0.5, 0.6) is 0 Å². The first-order valence-corrected chi connectivity index (χ1v) is 9.63. The Bertz CT molecular complexity index is 1190. The second-order valence-electron chi connectivity index (χ2n) is 6.81. The summed E-state index contributed by atoms with van der Waals surface area (Å²) in [6.45, 7) is 2.01. The van der Waals surface area contributed by atoms with Crippen LogP contribution in [0.25, 0.3) is 16.6 Å². The number of rotatable bonds is 6. The van der Waals surface area contributed by atoms with E-state index in [4.69, 9.17) is 0 Å². The molecular formula is C22H21FN6O. The molecule has 0 bridgehead atoms. The quantitative estimate of drug-likeness (QED) is 0.510. The fourth-order valence-electron chi connectivity index (χ4n) is 3.37. The van der Waals surface area contributed by atoms with Gasteiger partial charge in [-0.2, -0.15) is 5.10 Å². The van der Waals surface area contributed by atoms with Gasteiger partial charge in [-0.15, -0.1) is 0 Å². The van der Waals surface area contributed by atoms with Crippen molar-refractivity contribution >= 4 is 22.6 Å². The van der Waals surface area contributed by atoms with Crippen molar-refractivity contribution in [3.63, 3.8) is 0 Å². The van der Waals surface area contributed by atoms with E-state index in [9.17, 15) is 9.18 Å². The summed E-state index contributed by atoms with van der Waals surface area (Å²) in [5.74, 6) is 0.183. The highest BCUT2D eigenvalue weighted by Crippen LogP contribution is 2.23. The van der Waals surface area contributed by atoms with Crippen molar-refractivity contribution in [3.05, 3.63) is 78.1 Å². The molecule has 0 fully saturated rings. The van der Waals surface area contributed by atoms with Crippen LogP contribution in [0.15, 0.2) is 61.2 Å². The maximum Gasteiger partial charge on any atom is 0.254 e. The summed E-state index contributed by atoms with van der Waals surface area (Å²) < 4.78 is 14.9. The van der Waals surface area contributed by atoms with E-state index in [1.165, 1.54) is 18.3 Å². The summed E-state index contributed by atoms with van der Waals surface area (Å²) in [4.78, 5) is 21.5. The highest BCUT2D eigenvalue weighted by molar-refractivity contribution is 6.06. The van der Waals surface area contributed by atoms with Crippen LogP contribution in [-0.4, -0.2) is 32.7 Å². The highest BCUT2D eigenvalue weighted by atomic mass is 19.1. The van der Waals surface area contributed by atoms with Crippen molar-refractivity contribution in [2.45, 2.75) is 19.4 Å². The number of fused-ring (bicyclic) bond motifs is 1. The number of amides is 1. The molecule has 0 spiro atoms. The largest absolute Gasteiger partial charge is 0.373 e. The second kappa shape index (κ2) is 8.28.